The maximum atomic E-state index is 11.4. The quantitative estimate of drug-likeness (QED) is 0.462. The van der Waals surface area contributed by atoms with Gasteiger partial charge in [0.25, 0.3) is 5.69 Å². The highest BCUT2D eigenvalue weighted by atomic mass is 79.9. The minimum absolute atomic E-state index is 0.0546. The van der Waals surface area contributed by atoms with Crippen LogP contribution in [0.4, 0.5) is 5.69 Å². The molecule has 2 aromatic rings. The van der Waals surface area contributed by atoms with Gasteiger partial charge < -0.3 is 4.74 Å². The Labute approximate surface area is 129 Å². The lowest BCUT2D eigenvalue weighted by molar-refractivity contribution is -0.385. The number of hydrogen-bond acceptors (Lipinski definition) is 4. The minimum Gasteiger partial charge on any atom is -0.487 e. The number of benzene rings is 2. The maximum Gasteiger partial charge on any atom is 0.283 e. The topological polar surface area (TPSA) is 69.4 Å². The van der Waals surface area contributed by atoms with Crippen LogP contribution in [0.5, 0.6) is 5.75 Å². The van der Waals surface area contributed by atoms with Crippen LogP contribution in [0.2, 0.25) is 0 Å². The molecule has 0 saturated carbocycles. The molecule has 0 amide bonds. The lowest BCUT2D eigenvalue weighted by Gasteiger charge is -2.09. The van der Waals surface area contributed by atoms with Gasteiger partial charge in [0.15, 0.2) is 5.78 Å². The summed E-state index contributed by atoms with van der Waals surface area (Å²) >= 11 is 3.27. The van der Waals surface area contributed by atoms with E-state index in [-0.39, 0.29) is 23.6 Å². The van der Waals surface area contributed by atoms with E-state index >= 15 is 0 Å². The Balaban J connectivity index is 2.30. The smallest absolute Gasteiger partial charge is 0.283 e. The SMILES string of the molecule is CC(=O)c1cc(Br)c(OCc2ccccc2)cc1[N+](=O)[O-]. The molecule has 5 nitrogen and oxygen atoms in total. The molecule has 0 unspecified atom stereocenters. The molecule has 0 N–H and O–H groups in total. The number of rotatable bonds is 5. The van der Waals surface area contributed by atoms with E-state index in [2.05, 4.69) is 15.9 Å². The Morgan fingerprint density at radius 1 is 1.29 bits per heavy atom. The number of nitro benzene ring substituents is 1. The summed E-state index contributed by atoms with van der Waals surface area (Å²) in [5.74, 6) is -0.0347. The van der Waals surface area contributed by atoms with Crippen molar-refractivity contribution in [3.05, 3.63) is 68.2 Å². The van der Waals surface area contributed by atoms with Gasteiger partial charge in [-0.1, -0.05) is 30.3 Å². The van der Waals surface area contributed by atoms with E-state index in [1.54, 1.807) is 0 Å². The van der Waals surface area contributed by atoms with Crippen LogP contribution in [0.15, 0.2) is 46.9 Å². The Morgan fingerprint density at radius 3 is 2.52 bits per heavy atom. The highest BCUT2D eigenvalue weighted by molar-refractivity contribution is 9.10. The zero-order valence-electron chi connectivity index (χ0n) is 11.2. The molecule has 2 aromatic carbocycles. The summed E-state index contributed by atoms with van der Waals surface area (Å²) < 4.78 is 6.09. The zero-order valence-corrected chi connectivity index (χ0v) is 12.8. The van der Waals surface area contributed by atoms with Crippen molar-refractivity contribution >= 4 is 27.4 Å². The number of ether oxygens (including phenoxy) is 1. The van der Waals surface area contributed by atoms with Crippen LogP contribution in [-0.4, -0.2) is 10.7 Å². The summed E-state index contributed by atoms with van der Waals surface area (Å²) in [4.78, 5) is 21.9. The molecule has 108 valence electrons. The third-order valence-electron chi connectivity index (χ3n) is 2.86. The molecule has 0 saturated heterocycles. The first-order valence-corrected chi connectivity index (χ1v) is 6.94. The molecule has 6 heteroatoms. The van der Waals surface area contributed by atoms with E-state index in [1.165, 1.54) is 19.1 Å². The van der Waals surface area contributed by atoms with Crippen molar-refractivity contribution in [2.75, 3.05) is 0 Å². The molecule has 0 aliphatic heterocycles. The van der Waals surface area contributed by atoms with Gasteiger partial charge in [-0.25, -0.2) is 0 Å². The molecule has 0 atom stereocenters. The van der Waals surface area contributed by atoms with Crippen molar-refractivity contribution in [3.63, 3.8) is 0 Å². The number of ketones is 1. The van der Waals surface area contributed by atoms with Crippen molar-refractivity contribution in [1.29, 1.82) is 0 Å². The molecule has 2 rings (SSSR count). The number of carbonyl (C=O) groups is 1. The summed E-state index contributed by atoms with van der Waals surface area (Å²) in [6.07, 6.45) is 0. The van der Waals surface area contributed by atoms with Gasteiger partial charge in [0, 0.05) is 0 Å². The van der Waals surface area contributed by atoms with Gasteiger partial charge in [-0.05, 0) is 34.5 Å². The fourth-order valence-electron chi connectivity index (χ4n) is 1.82. The monoisotopic (exact) mass is 349 g/mol. The first-order valence-electron chi connectivity index (χ1n) is 6.14. The van der Waals surface area contributed by atoms with Crippen LogP contribution in [0.1, 0.15) is 22.8 Å². The third kappa shape index (κ3) is 3.66. The second-order valence-corrected chi connectivity index (χ2v) is 5.24. The fourth-order valence-corrected chi connectivity index (χ4v) is 2.28. The Morgan fingerprint density at radius 2 is 1.95 bits per heavy atom. The van der Waals surface area contributed by atoms with E-state index in [0.29, 0.717) is 10.2 Å². The van der Waals surface area contributed by atoms with Crippen molar-refractivity contribution in [2.45, 2.75) is 13.5 Å². The normalized spacial score (nSPS) is 10.2. The molecule has 0 radical (unpaired) electrons. The van der Waals surface area contributed by atoms with Crippen LogP contribution in [0.25, 0.3) is 0 Å². The highest BCUT2D eigenvalue weighted by Crippen LogP contribution is 2.33. The van der Waals surface area contributed by atoms with Crippen LogP contribution >= 0.6 is 15.9 Å². The van der Waals surface area contributed by atoms with Gasteiger partial charge >= 0.3 is 0 Å². The van der Waals surface area contributed by atoms with Crippen LogP contribution in [0.3, 0.4) is 0 Å². The van der Waals surface area contributed by atoms with Crippen LogP contribution in [-0.2, 0) is 6.61 Å². The Kier molecular flexibility index (Phi) is 4.70. The van der Waals surface area contributed by atoms with Crippen LogP contribution in [0, 0.1) is 10.1 Å². The van der Waals surface area contributed by atoms with Gasteiger partial charge in [-0.2, -0.15) is 0 Å². The van der Waals surface area contributed by atoms with E-state index < -0.39 is 4.92 Å². The van der Waals surface area contributed by atoms with Gasteiger partial charge in [-0.3, -0.25) is 14.9 Å². The number of halogens is 1. The van der Waals surface area contributed by atoms with Gasteiger partial charge in [-0.15, -0.1) is 0 Å². The standard InChI is InChI=1S/C15H12BrNO4/c1-10(18)12-7-13(16)15(8-14(12)17(19)20)21-9-11-5-3-2-4-6-11/h2-8H,9H2,1H3. The number of carbonyl (C=O) groups excluding carboxylic acids is 1. The average Bonchev–Trinajstić information content (AvgIpc) is 2.46. The second kappa shape index (κ2) is 6.49. The maximum absolute atomic E-state index is 11.4. The van der Waals surface area contributed by atoms with Crippen molar-refractivity contribution < 1.29 is 14.5 Å². The molecule has 21 heavy (non-hydrogen) atoms. The van der Waals surface area contributed by atoms with E-state index in [4.69, 9.17) is 4.74 Å². The zero-order chi connectivity index (χ0) is 15.4. The lowest BCUT2D eigenvalue weighted by atomic mass is 10.1. The molecule has 0 bridgehead atoms. The molecule has 0 spiro atoms. The fraction of sp³-hybridized carbons (Fsp3) is 0.133. The minimum atomic E-state index is -0.585. The van der Waals surface area contributed by atoms with E-state index in [9.17, 15) is 14.9 Å². The number of hydrogen-bond donors (Lipinski definition) is 0. The van der Waals surface area contributed by atoms with E-state index in [0.717, 1.165) is 5.56 Å². The molecule has 0 fully saturated rings. The summed E-state index contributed by atoms with van der Waals surface area (Å²) in [5.41, 5.74) is 0.746. The van der Waals surface area contributed by atoms with Crippen molar-refractivity contribution in [3.8, 4) is 5.75 Å². The first-order chi connectivity index (χ1) is 9.99. The largest absolute Gasteiger partial charge is 0.487 e. The number of Topliss-reactive ketones (excluding diaryl/α,β-unsaturated/α-hetero) is 1. The summed E-state index contributed by atoms with van der Waals surface area (Å²) in [5, 5.41) is 11.0. The number of nitrogens with zero attached hydrogens (tertiary/aromatic N) is 1. The van der Waals surface area contributed by atoms with Gasteiger partial charge in [0.2, 0.25) is 0 Å². The first kappa shape index (κ1) is 15.2. The third-order valence-corrected chi connectivity index (χ3v) is 3.48. The molecular formula is C15H12BrNO4. The lowest BCUT2D eigenvalue weighted by Crippen LogP contribution is -2.03. The molecule has 0 aliphatic rings. The highest BCUT2D eigenvalue weighted by Gasteiger charge is 2.21. The molecular weight excluding hydrogens is 338 g/mol. The van der Waals surface area contributed by atoms with Crippen LogP contribution < -0.4 is 4.74 Å². The predicted octanol–water partition coefficient (Wildman–Crippen LogP) is 4.14. The van der Waals surface area contributed by atoms with Gasteiger partial charge in [0.05, 0.1) is 21.0 Å². The summed E-state index contributed by atoms with van der Waals surface area (Å²) in [7, 11) is 0. The summed E-state index contributed by atoms with van der Waals surface area (Å²) in [6, 6.07) is 12.1. The number of nitro groups is 1. The molecule has 0 aromatic heterocycles. The predicted molar refractivity (Wildman–Crippen MR) is 81.6 cm³/mol. The average molecular weight is 350 g/mol. The Bertz CT molecular complexity index is 686. The van der Waals surface area contributed by atoms with Crippen molar-refractivity contribution in [2.24, 2.45) is 0 Å². The van der Waals surface area contributed by atoms with E-state index in [1.807, 2.05) is 30.3 Å². The molecule has 0 heterocycles. The second-order valence-electron chi connectivity index (χ2n) is 4.39. The van der Waals surface area contributed by atoms with Gasteiger partial charge in [0.1, 0.15) is 12.4 Å². The van der Waals surface area contributed by atoms with Crippen molar-refractivity contribution in [1.82, 2.24) is 0 Å². The molecule has 0 aliphatic carbocycles. The Hall–Kier alpha value is -2.21. The summed E-state index contributed by atoms with van der Waals surface area (Å²) in [6.45, 7) is 1.58.